The number of hydrogen-bond acceptors (Lipinski definition) is 1. The summed E-state index contributed by atoms with van der Waals surface area (Å²) in [5, 5.41) is 0.885. The van der Waals surface area contributed by atoms with E-state index in [1.165, 1.54) is 16.8 Å². The van der Waals surface area contributed by atoms with Gasteiger partial charge in [0.05, 0.1) is 0 Å². The fraction of sp³-hybridized carbons (Fsp3) is 0.143. The molecule has 0 fully saturated rings. The summed E-state index contributed by atoms with van der Waals surface area (Å²) in [6, 6.07) is 16.6. The maximum absolute atomic E-state index is 6.20. The standard InChI is InChI=1S/C14H12ClN/c15-14-8-4-5-11-9-16(10-13(11)14)12-6-2-1-3-7-12/h1-8H,9-10H2. The van der Waals surface area contributed by atoms with Crippen LogP contribution in [0, 0.1) is 0 Å². The van der Waals surface area contributed by atoms with Crippen molar-refractivity contribution in [2.45, 2.75) is 13.1 Å². The van der Waals surface area contributed by atoms with E-state index in [1.807, 2.05) is 18.2 Å². The molecule has 3 rings (SSSR count). The van der Waals surface area contributed by atoms with Crippen molar-refractivity contribution in [3.8, 4) is 0 Å². The van der Waals surface area contributed by atoms with Gasteiger partial charge in [0.15, 0.2) is 0 Å². The Morgan fingerprint density at radius 3 is 2.44 bits per heavy atom. The van der Waals surface area contributed by atoms with Gasteiger partial charge in [-0.2, -0.15) is 0 Å². The van der Waals surface area contributed by atoms with Gasteiger partial charge in [-0.15, -0.1) is 0 Å². The molecule has 0 saturated heterocycles. The number of benzene rings is 2. The Kier molecular flexibility index (Phi) is 2.33. The Morgan fingerprint density at radius 1 is 0.875 bits per heavy atom. The second-order valence-electron chi connectivity index (χ2n) is 4.07. The molecule has 0 atom stereocenters. The third kappa shape index (κ3) is 1.57. The zero-order valence-corrected chi connectivity index (χ0v) is 9.61. The highest BCUT2D eigenvalue weighted by molar-refractivity contribution is 6.31. The first-order valence-electron chi connectivity index (χ1n) is 5.41. The summed E-state index contributed by atoms with van der Waals surface area (Å²) in [5.41, 5.74) is 3.87. The lowest BCUT2D eigenvalue weighted by molar-refractivity contribution is 0.881. The summed E-state index contributed by atoms with van der Waals surface area (Å²) >= 11 is 6.20. The summed E-state index contributed by atoms with van der Waals surface area (Å²) in [6.45, 7) is 1.87. The van der Waals surface area contributed by atoms with Crippen molar-refractivity contribution < 1.29 is 0 Å². The molecule has 1 nitrogen and oxygen atoms in total. The van der Waals surface area contributed by atoms with Crippen LogP contribution in [0.1, 0.15) is 11.1 Å². The largest absolute Gasteiger partial charge is 0.363 e. The molecular formula is C14H12ClN. The minimum atomic E-state index is 0.885. The van der Waals surface area contributed by atoms with Gasteiger partial charge < -0.3 is 4.90 Å². The number of para-hydroxylation sites is 1. The van der Waals surface area contributed by atoms with E-state index in [1.54, 1.807) is 0 Å². The molecule has 0 N–H and O–H groups in total. The normalized spacial score (nSPS) is 13.9. The average molecular weight is 230 g/mol. The summed E-state index contributed by atoms with van der Waals surface area (Å²) in [5.74, 6) is 0. The minimum absolute atomic E-state index is 0.885. The summed E-state index contributed by atoms with van der Waals surface area (Å²) in [4.78, 5) is 2.34. The Morgan fingerprint density at radius 2 is 1.69 bits per heavy atom. The maximum atomic E-state index is 6.20. The lowest BCUT2D eigenvalue weighted by Crippen LogP contribution is -2.13. The fourth-order valence-corrected chi connectivity index (χ4v) is 2.46. The Hall–Kier alpha value is -1.47. The van der Waals surface area contributed by atoms with E-state index in [0.717, 1.165) is 18.1 Å². The van der Waals surface area contributed by atoms with Crippen LogP contribution in [0.15, 0.2) is 48.5 Å². The van der Waals surface area contributed by atoms with E-state index in [9.17, 15) is 0 Å². The molecule has 1 aliphatic heterocycles. The molecule has 2 aromatic carbocycles. The van der Waals surface area contributed by atoms with Crippen molar-refractivity contribution in [3.63, 3.8) is 0 Å². The van der Waals surface area contributed by atoms with Crippen LogP contribution in [0.4, 0.5) is 5.69 Å². The monoisotopic (exact) mass is 229 g/mol. The van der Waals surface area contributed by atoms with Gasteiger partial charge in [0.2, 0.25) is 0 Å². The van der Waals surface area contributed by atoms with Gasteiger partial charge in [-0.25, -0.2) is 0 Å². The highest BCUT2D eigenvalue weighted by Gasteiger charge is 2.20. The predicted octanol–water partition coefficient (Wildman–Crippen LogP) is 3.86. The molecule has 1 heterocycles. The molecule has 2 heteroatoms. The molecule has 0 aliphatic carbocycles. The Bertz CT molecular complexity index is 507. The first-order valence-corrected chi connectivity index (χ1v) is 5.78. The zero-order valence-electron chi connectivity index (χ0n) is 8.86. The number of rotatable bonds is 1. The van der Waals surface area contributed by atoms with Crippen LogP contribution in [-0.2, 0) is 13.1 Å². The van der Waals surface area contributed by atoms with Crippen LogP contribution < -0.4 is 4.90 Å². The molecule has 1 aliphatic rings. The zero-order chi connectivity index (χ0) is 11.0. The average Bonchev–Trinajstić information content (AvgIpc) is 2.76. The number of fused-ring (bicyclic) bond motifs is 1. The number of anilines is 1. The second-order valence-corrected chi connectivity index (χ2v) is 4.48. The summed E-state index contributed by atoms with van der Waals surface area (Å²) < 4.78 is 0. The van der Waals surface area contributed by atoms with Gasteiger partial charge >= 0.3 is 0 Å². The van der Waals surface area contributed by atoms with Crippen molar-refractivity contribution in [3.05, 3.63) is 64.7 Å². The molecule has 80 valence electrons. The van der Waals surface area contributed by atoms with Gasteiger partial charge in [-0.05, 0) is 29.3 Å². The van der Waals surface area contributed by atoms with E-state index in [-0.39, 0.29) is 0 Å². The predicted molar refractivity (Wildman–Crippen MR) is 67.8 cm³/mol. The SMILES string of the molecule is Clc1cccc2c1CN(c1ccccc1)C2. The molecular weight excluding hydrogens is 218 g/mol. The van der Waals surface area contributed by atoms with Crippen LogP contribution in [-0.4, -0.2) is 0 Å². The van der Waals surface area contributed by atoms with Crippen molar-refractivity contribution >= 4 is 17.3 Å². The first kappa shape index (κ1) is 9.73. The fourth-order valence-electron chi connectivity index (χ4n) is 2.20. The molecule has 2 aromatic rings. The highest BCUT2D eigenvalue weighted by Crippen LogP contribution is 2.32. The van der Waals surface area contributed by atoms with Gasteiger partial charge in [0.1, 0.15) is 0 Å². The number of nitrogens with zero attached hydrogens (tertiary/aromatic N) is 1. The van der Waals surface area contributed by atoms with E-state index in [4.69, 9.17) is 11.6 Å². The van der Waals surface area contributed by atoms with Gasteiger partial charge in [0.25, 0.3) is 0 Å². The van der Waals surface area contributed by atoms with Crippen molar-refractivity contribution in [2.24, 2.45) is 0 Å². The molecule has 0 radical (unpaired) electrons. The second kappa shape index (κ2) is 3.84. The molecule has 0 saturated carbocycles. The van der Waals surface area contributed by atoms with E-state index >= 15 is 0 Å². The van der Waals surface area contributed by atoms with E-state index < -0.39 is 0 Å². The minimum Gasteiger partial charge on any atom is -0.363 e. The number of hydrogen-bond donors (Lipinski definition) is 0. The third-order valence-electron chi connectivity index (χ3n) is 3.05. The van der Waals surface area contributed by atoms with Gasteiger partial charge in [-0.1, -0.05) is 41.9 Å². The molecule has 16 heavy (non-hydrogen) atoms. The van der Waals surface area contributed by atoms with Crippen LogP contribution in [0.5, 0.6) is 0 Å². The summed E-state index contributed by atoms with van der Waals surface area (Å²) in [7, 11) is 0. The van der Waals surface area contributed by atoms with Crippen LogP contribution in [0.3, 0.4) is 0 Å². The van der Waals surface area contributed by atoms with Gasteiger partial charge in [0, 0.05) is 23.8 Å². The lowest BCUT2D eigenvalue weighted by Gasteiger charge is -2.17. The first-order chi connectivity index (χ1) is 7.84. The highest BCUT2D eigenvalue weighted by atomic mass is 35.5. The smallest absolute Gasteiger partial charge is 0.0459 e. The number of halogens is 1. The van der Waals surface area contributed by atoms with Crippen molar-refractivity contribution in [1.29, 1.82) is 0 Å². The van der Waals surface area contributed by atoms with E-state index in [2.05, 4.69) is 35.2 Å². The summed E-state index contributed by atoms with van der Waals surface area (Å²) in [6.07, 6.45) is 0. The van der Waals surface area contributed by atoms with Gasteiger partial charge in [-0.3, -0.25) is 0 Å². The molecule has 0 spiro atoms. The quantitative estimate of drug-likeness (QED) is 0.718. The molecule has 0 aromatic heterocycles. The van der Waals surface area contributed by atoms with E-state index in [0.29, 0.717) is 0 Å². The van der Waals surface area contributed by atoms with Crippen LogP contribution in [0.2, 0.25) is 5.02 Å². The Labute approximate surface area is 100 Å². The Balaban J connectivity index is 1.94. The molecule has 0 unspecified atom stereocenters. The van der Waals surface area contributed by atoms with Crippen LogP contribution >= 0.6 is 11.6 Å². The topological polar surface area (TPSA) is 3.24 Å². The molecule has 0 amide bonds. The third-order valence-corrected chi connectivity index (χ3v) is 3.40. The molecule has 0 bridgehead atoms. The van der Waals surface area contributed by atoms with Crippen molar-refractivity contribution in [2.75, 3.05) is 4.90 Å². The van der Waals surface area contributed by atoms with Crippen molar-refractivity contribution in [1.82, 2.24) is 0 Å². The lowest BCUT2D eigenvalue weighted by atomic mass is 10.1. The maximum Gasteiger partial charge on any atom is 0.0459 e. The van der Waals surface area contributed by atoms with Crippen LogP contribution in [0.25, 0.3) is 0 Å².